The first kappa shape index (κ1) is 132. The van der Waals surface area contributed by atoms with Gasteiger partial charge in [-0.2, -0.15) is 0 Å². The van der Waals surface area contributed by atoms with Gasteiger partial charge in [-0.25, -0.2) is 0 Å². The molecule has 0 saturated heterocycles. The topological polar surface area (TPSA) is 273 Å². The summed E-state index contributed by atoms with van der Waals surface area (Å²) in [6, 6.07) is 0. The fraction of sp³-hybridized carbons (Fsp3) is 0.533. The molecule has 0 saturated carbocycles. The van der Waals surface area contributed by atoms with Gasteiger partial charge >= 0.3 is 191 Å². The van der Waals surface area contributed by atoms with Gasteiger partial charge in [-0.15, -0.1) is 0 Å². The van der Waals surface area contributed by atoms with Gasteiger partial charge in [0.25, 0.3) is 0 Å². The molecule has 0 amide bonds. The fourth-order valence-corrected chi connectivity index (χ4v) is 2.68. The molecule has 0 radical (unpaired) electrons. The Morgan fingerprint density at radius 3 is 0.385 bits per heavy atom. The third-order valence-corrected chi connectivity index (χ3v) is 5.37. The van der Waals surface area contributed by atoms with Crippen molar-refractivity contribution in [1.82, 2.24) is 0 Å². The summed E-state index contributed by atoms with van der Waals surface area (Å²) >= 11 is 6.69. The van der Waals surface area contributed by atoms with E-state index in [2.05, 4.69) is 178 Å². The molecule has 0 unspecified atom stereocenters. The molecule has 0 aliphatic rings. The number of quaternary nitrogens is 2. The summed E-state index contributed by atoms with van der Waals surface area (Å²) in [5, 5.41) is 0. The average molecular weight is 1100 g/mol. The number of carbonyl (C=O) groups excluding carboxylic acids is 2. The van der Waals surface area contributed by atoms with E-state index < -0.39 is 0 Å². The van der Waals surface area contributed by atoms with Crippen molar-refractivity contribution in [2.24, 2.45) is 0 Å². The minimum atomic E-state index is 0. The molecule has 0 heterocycles. The molecule has 52 heavy (non-hydrogen) atoms. The Hall–Kier alpha value is -0.601. The van der Waals surface area contributed by atoms with Crippen molar-refractivity contribution in [1.29, 1.82) is 0 Å². The van der Waals surface area contributed by atoms with Crippen LogP contribution in [0.5, 0.6) is 0 Å². The number of hydrogen-bond acceptors (Lipinski definition) is 3. The Balaban J connectivity index is -0.0000000123. The molecule has 0 aliphatic carbocycles. The van der Waals surface area contributed by atoms with Gasteiger partial charge in [-0.3, -0.25) is 13.6 Å². The summed E-state index contributed by atoms with van der Waals surface area (Å²) in [4.78, 5) is 15.5. The van der Waals surface area contributed by atoms with Gasteiger partial charge in [-0.05, 0) is 55.4 Å². The van der Waals surface area contributed by atoms with E-state index in [-0.39, 0.29) is 58.4 Å². The molecule has 22 heteroatoms. The second-order valence-corrected chi connectivity index (χ2v) is 8.06. The standard InChI is InChI=1S/2C8H20N.2CHO.12CO.2Fe.3Ru.H2S/c2*1-5-9(6-2,7-3)8-4;14*1-2;;;;;;/h2*5-8H2,1-4H3;2*1H;;;;;;;;;;;;;;;;;;1H2/q2*+1;2*-1;;;;;;;;;;;;;;;;;+2;/p-1. The third kappa shape index (κ3) is 211. The van der Waals surface area contributed by atoms with Crippen molar-refractivity contribution in [2.45, 2.75) is 55.4 Å². The predicted molar refractivity (Wildman–Crippen MR) is 154 cm³/mol. The molecule has 0 aromatic rings. The van der Waals surface area contributed by atoms with Crippen LogP contribution < -0.4 is 0 Å². The minimum absolute atomic E-state index is 0. The molecular formula is C30H43Fe2N2O14Ru3S+. The van der Waals surface area contributed by atoms with Gasteiger partial charge in [0, 0.05) is 39.0 Å². The van der Waals surface area contributed by atoms with Crippen molar-refractivity contribution in [3.63, 3.8) is 0 Å². The van der Waals surface area contributed by atoms with E-state index in [1.165, 1.54) is 61.3 Å². The maximum absolute atomic E-state index is 7.75. The average Bonchev–Trinajstić information content (AvgIpc) is 3.28. The van der Waals surface area contributed by atoms with Gasteiger partial charge in [0.15, 0.2) is 0 Å². The second kappa shape index (κ2) is 296. The SMILES string of the molecule is CC[N+](CC)(CC)CC.CC[N+](CC)(CC)CC.[C-]#[O+].[C-]#[O+].[C-]#[O+].[C-]#[O+].[C-]#[O+].[C-]#[O+].[C-]#[O+].[C-]#[O+].[C-]#[O+].[C-]#[O+].[C-]#[O+].[C-]#[O+].[CH-]=O.[CH-]=O.[Fe]=[SH-]=[Fe].[Ru+2].[Ru].[Ru]. The quantitative estimate of drug-likeness (QED) is 0.0675. The molecule has 0 fully saturated rings. The van der Waals surface area contributed by atoms with E-state index in [1.54, 1.807) is 0 Å². The largest absolute Gasteiger partial charge is 2.00 e. The summed E-state index contributed by atoms with van der Waals surface area (Å²) in [5.74, 6) is 0. The van der Waals surface area contributed by atoms with Crippen LogP contribution in [0.2, 0.25) is 0 Å². The van der Waals surface area contributed by atoms with Crippen molar-refractivity contribution >= 4 is 21.2 Å². The molecule has 0 spiro atoms. The van der Waals surface area contributed by atoms with E-state index in [0.717, 1.165) is 7.61 Å². The number of thiol groups is 1. The van der Waals surface area contributed by atoms with E-state index in [9.17, 15) is 0 Å². The minimum Gasteiger partial charge on any atom is 0 e. The monoisotopic (exact) mass is 1100 g/mol. The van der Waals surface area contributed by atoms with E-state index >= 15 is 0 Å². The summed E-state index contributed by atoms with van der Waals surface area (Å²) in [6.45, 7) is 88.9. The third-order valence-electron chi connectivity index (χ3n) is 5.37. The van der Waals surface area contributed by atoms with Gasteiger partial charge in [0.05, 0.1) is 52.4 Å². The molecular weight excluding hydrogens is 1060 g/mol. The zero-order valence-corrected chi connectivity index (χ0v) is 38.0. The summed E-state index contributed by atoms with van der Waals surface area (Å²) in [5.41, 5.74) is 0. The Labute approximate surface area is 367 Å². The van der Waals surface area contributed by atoms with Crippen molar-refractivity contribution in [2.75, 3.05) is 52.4 Å². The van der Waals surface area contributed by atoms with Crippen LogP contribution in [-0.2, 0) is 160 Å². The van der Waals surface area contributed by atoms with Crippen LogP contribution in [0.3, 0.4) is 0 Å². The van der Waals surface area contributed by atoms with Crippen LogP contribution in [0, 0.1) is 79.8 Å². The Morgan fingerprint density at radius 2 is 0.385 bits per heavy atom. The van der Waals surface area contributed by atoms with Crippen LogP contribution >= 0.6 is 0 Å². The van der Waals surface area contributed by atoms with Crippen LogP contribution in [0.4, 0.5) is 0 Å². The number of hydrogen-bond donors (Lipinski definition) is 0. The van der Waals surface area contributed by atoms with Gasteiger partial charge in [-0.1, -0.05) is 0 Å². The van der Waals surface area contributed by atoms with E-state index in [0.29, 0.717) is 0 Å². The fourth-order valence-electron chi connectivity index (χ4n) is 2.68. The van der Waals surface area contributed by atoms with Crippen LogP contribution in [0.25, 0.3) is 0 Å². The molecule has 0 N–H and O–H groups in total. The first-order valence-electron chi connectivity index (χ1n) is 11.4. The maximum atomic E-state index is 7.75. The predicted octanol–water partition coefficient (Wildman–Crippen LogP) is 2.48. The normalized spacial score (nSPS) is 5.12. The zero-order chi connectivity index (χ0) is 45.4. The Kier molecular flexibility index (Phi) is 753. The van der Waals surface area contributed by atoms with E-state index in [1.807, 2.05) is 0 Å². The van der Waals surface area contributed by atoms with Crippen molar-refractivity contribution < 1.29 is 162 Å². The van der Waals surface area contributed by atoms with Crippen LogP contribution in [0.1, 0.15) is 55.4 Å². The summed E-state index contributed by atoms with van der Waals surface area (Å²) in [7, 11) is 0.917. The van der Waals surface area contributed by atoms with Gasteiger partial charge < -0.3 is 18.6 Å². The molecule has 0 bridgehead atoms. The number of nitrogens with zero attached hydrogens (tertiary/aromatic N) is 2. The molecule has 0 aromatic heterocycles. The van der Waals surface area contributed by atoms with Gasteiger partial charge in [0.2, 0.25) is 0 Å². The molecule has 0 aliphatic heterocycles. The summed E-state index contributed by atoms with van der Waals surface area (Å²) < 4.78 is 92.6. The van der Waals surface area contributed by atoms with Crippen LogP contribution in [-0.4, -0.2) is 74.9 Å². The first-order valence-corrected chi connectivity index (χ1v) is 15.0. The smallest absolute Gasteiger partial charge is 0 e. The molecule has 302 valence electrons. The molecule has 0 rings (SSSR count). The molecule has 16 nitrogen and oxygen atoms in total. The van der Waals surface area contributed by atoms with Crippen molar-refractivity contribution in [3.8, 4) is 0 Å². The first-order chi connectivity index (χ1) is 23.9. The molecule has 0 atom stereocenters. The zero-order valence-electron chi connectivity index (χ0n) is 29.6. The van der Waals surface area contributed by atoms with E-state index in [4.69, 9.17) is 65.4 Å². The van der Waals surface area contributed by atoms with Gasteiger partial charge in [0.1, 0.15) is 0 Å². The summed E-state index contributed by atoms with van der Waals surface area (Å²) in [6.07, 6.45) is 0. The maximum Gasteiger partial charge on any atom is 2.00 e. The number of rotatable bonds is 8. The van der Waals surface area contributed by atoms with Crippen molar-refractivity contribution in [3.05, 3.63) is 79.8 Å². The Bertz CT molecular complexity index is 590. The van der Waals surface area contributed by atoms with Crippen LogP contribution in [0.15, 0.2) is 0 Å². The molecule has 0 aromatic carbocycles. The second-order valence-electron chi connectivity index (χ2n) is 5.27. The Morgan fingerprint density at radius 1 is 0.346 bits per heavy atom.